The number of nitro groups is 1. The standard InChI is InChI=1S/C17H15N5O3/c23-17(21-12-4-6-13-15(8-12)19-9-18-13)10-1-5-14(20-11-2-3-11)16(7-10)22(24)25/h1,4-9,11,20H,2-3H2,(H,18,19)(H,21,23). The molecule has 1 fully saturated rings. The van der Waals surface area contributed by atoms with E-state index in [1.165, 1.54) is 6.07 Å². The first-order valence-corrected chi connectivity index (χ1v) is 7.89. The number of carbonyl (C=O) groups excluding carboxylic acids is 1. The van der Waals surface area contributed by atoms with E-state index in [1.54, 1.807) is 36.7 Å². The smallest absolute Gasteiger partial charge is 0.293 e. The van der Waals surface area contributed by atoms with Crippen molar-refractivity contribution >= 4 is 34.0 Å². The van der Waals surface area contributed by atoms with Gasteiger partial charge in [0.25, 0.3) is 11.6 Å². The molecule has 0 spiro atoms. The number of amides is 1. The minimum Gasteiger partial charge on any atom is -0.377 e. The highest BCUT2D eigenvalue weighted by atomic mass is 16.6. The van der Waals surface area contributed by atoms with E-state index in [0.717, 1.165) is 23.9 Å². The molecule has 25 heavy (non-hydrogen) atoms. The van der Waals surface area contributed by atoms with Gasteiger partial charge in [0.2, 0.25) is 0 Å². The molecule has 3 N–H and O–H groups in total. The second kappa shape index (κ2) is 5.90. The number of hydrogen-bond acceptors (Lipinski definition) is 5. The molecule has 1 saturated carbocycles. The number of hydrogen-bond donors (Lipinski definition) is 3. The zero-order valence-electron chi connectivity index (χ0n) is 13.2. The lowest BCUT2D eigenvalue weighted by Gasteiger charge is -2.09. The molecule has 1 heterocycles. The third kappa shape index (κ3) is 3.14. The third-order valence-electron chi connectivity index (χ3n) is 4.07. The van der Waals surface area contributed by atoms with E-state index in [9.17, 15) is 14.9 Å². The quantitative estimate of drug-likeness (QED) is 0.488. The molecule has 1 aliphatic rings. The number of fused-ring (bicyclic) bond motifs is 1. The van der Waals surface area contributed by atoms with Gasteiger partial charge in [0.05, 0.1) is 22.3 Å². The van der Waals surface area contributed by atoms with Gasteiger partial charge in [0.1, 0.15) is 5.69 Å². The predicted octanol–water partition coefficient (Wildman–Crippen LogP) is 3.30. The summed E-state index contributed by atoms with van der Waals surface area (Å²) in [4.78, 5) is 30.3. The molecule has 0 radical (unpaired) electrons. The van der Waals surface area contributed by atoms with Crippen LogP contribution in [0, 0.1) is 10.1 Å². The zero-order valence-corrected chi connectivity index (χ0v) is 13.2. The van der Waals surface area contributed by atoms with E-state index in [-0.39, 0.29) is 11.3 Å². The number of H-pyrrole nitrogens is 1. The van der Waals surface area contributed by atoms with Gasteiger partial charge in [-0.15, -0.1) is 0 Å². The number of carbonyl (C=O) groups is 1. The Morgan fingerprint density at radius 3 is 2.84 bits per heavy atom. The Bertz CT molecular complexity index is 977. The number of imidazole rings is 1. The molecule has 0 bridgehead atoms. The Labute approximate surface area is 142 Å². The lowest BCUT2D eigenvalue weighted by atomic mass is 10.1. The highest BCUT2D eigenvalue weighted by Crippen LogP contribution is 2.31. The van der Waals surface area contributed by atoms with E-state index < -0.39 is 10.8 Å². The summed E-state index contributed by atoms with van der Waals surface area (Å²) in [5, 5.41) is 17.2. The fourth-order valence-electron chi connectivity index (χ4n) is 2.61. The van der Waals surface area contributed by atoms with Crippen LogP contribution in [-0.2, 0) is 0 Å². The Morgan fingerprint density at radius 1 is 1.24 bits per heavy atom. The molecule has 8 nitrogen and oxygen atoms in total. The normalized spacial score (nSPS) is 13.6. The van der Waals surface area contributed by atoms with Crippen molar-refractivity contribution < 1.29 is 9.72 Å². The number of benzene rings is 2. The van der Waals surface area contributed by atoms with Crippen LogP contribution in [0.3, 0.4) is 0 Å². The maximum Gasteiger partial charge on any atom is 0.293 e. The number of nitrogens with zero attached hydrogens (tertiary/aromatic N) is 2. The van der Waals surface area contributed by atoms with Gasteiger partial charge >= 0.3 is 0 Å². The van der Waals surface area contributed by atoms with Crippen molar-refractivity contribution in [3.8, 4) is 0 Å². The molecular formula is C17H15N5O3. The molecular weight excluding hydrogens is 322 g/mol. The van der Waals surface area contributed by atoms with Crippen LogP contribution < -0.4 is 10.6 Å². The zero-order chi connectivity index (χ0) is 17.4. The Kier molecular flexibility index (Phi) is 3.57. The molecule has 1 aliphatic carbocycles. The Morgan fingerprint density at radius 2 is 2.08 bits per heavy atom. The van der Waals surface area contributed by atoms with E-state index >= 15 is 0 Å². The van der Waals surface area contributed by atoms with E-state index in [4.69, 9.17) is 0 Å². The largest absolute Gasteiger partial charge is 0.377 e. The second-order valence-electron chi connectivity index (χ2n) is 6.00. The summed E-state index contributed by atoms with van der Waals surface area (Å²) < 4.78 is 0. The molecule has 1 aromatic heterocycles. The molecule has 8 heteroatoms. The van der Waals surface area contributed by atoms with Crippen LogP contribution in [0.2, 0.25) is 0 Å². The number of nitro benzene ring substituents is 1. The first-order valence-electron chi connectivity index (χ1n) is 7.89. The van der Waals surface area contributed by atoms with Gasteiger partial charge in [-0.05, 0) is 43.2 Å². The van der Waals surface area contributed by atoms with Crippen LogP contribution >= 0.6 is 0 Å². The number of nitrogens with one attached hydrogen (secondary N) is 3. The summed E-state index contributed by atoms with van der Waals surface area (Å²) in [6.45, 7) is 0. The van der Waals surface area contributed by atoms with Gasteiger partial charge in [-0.25, -0.2) is 4.98 Å². The highest BCUT2D eigenvalue weighted by Gasteiger charge is 2.25. The van der Waals surface area contributed by atoms with Crippen molar-refractivity contribution in [1.29, 1.82) is 0 Å². The highest BCUT2D eigenvalue weighted by molar-refractivity contribution is 6.05. The van der Waals surface area contributed by atoms with E-state index in [2.05, 4.69) is 20.6 Å². The first-order chi connectivity index (χ1) is 12.1. The summed E-state index contributed by atoms with van der Waals surface area (Å²) >= 11 is 0. The predicted molar refractivity (Wildman–Crippen MR) is 93.8 cm³/mol. The van der Waals surface area contributed by atoms with Crippen molar-refractivity contribution in [3.05, 3.63) is 58.4 Å². The number of anilines is 2. The fourth-order valence-corrected chi connectivity index (χ4v) is 2.61. The van der Waals surface area contributed by atoms with E-state index in [1.807, 2.05) is 0 Å². The van der Waals surface area contributed by atoms with Gasteiger partial charge in [-0.3, -0.25) is 14.9 Å². The summed E-state index contributed by atoms with van der Waals surface area (Å²) in [5.74, 6) is -0.403. The topological polar surface area (TPSA) is 113 Å². The third-order valence-corrected chi connectivity index (χ3v) is 4.07. The number of rotatable bonds is 5. The minimum absolute atomic E-state index is 0.0939. The van der Waals surface area contributed by atoms with Gasteiger partial charge in [0.15, 0.2) is 0 Å². The first kappa shape index (κ1) is 15.1. The van der Waals surface area contributed by atoms with Crippen LogP contribution in [0.4, 0.5) is 17.1 Å². The van der Waals surface area contributed by atoms with Gasteiger partial charge < -0.3 is 15.6 Å². The van der Waals surface area contributed by atoms with Crippen molar-refractivity contribution in [2.75, 3.05) is 10.6 Å². The Hall–Kier alpha value is -3.42. The molecule has 4 rings (SSSR count). The van der Waals surface area contributed by atoms with Crippen LogP contribution in [-0.4, -0.2) is 26.8 Å². The summed E-state index contributed by atoms with van der Waals surface area (Å²) in [6, 6.07) is 10.0. The maximum absolute atomic E-state index is 12.4. The van der Waals surface area contributed by atoms with Crippen LogP contribution in [0.15, 0.2) is 42.7 Å². The molecule has 126 valence electrons. The van der Waals surface area contributed by atoms with Crippen molar-refractivity contribution in [3.63, 3.8) is 0 Å². The minimum atomic E-state index is -0.474. The fraction of sp³-hybridized carbons (Fsp3) is 0.176. The lowest BCUT2D eigenvalue weighted by molar-refractivity contribution is -0.384. The molecule has 0 aliphatic heterocycles. The van der Waals surface area contributed by atoms with Crippen molar-refractivity contribution in [1.82, 2.24) is 9.97 Å². The van der Waals surface area contributed by atoms with Crippen LogP contribution in [0.1, 0.15) is 23.2 Å². The monoisotopic (exact) mass is 337 g/mol. The summed E-state index contributed by atoms with van der Waals surface area (Å²) in [7, 11) is 0. The Balaban J connectivity index is 1.58. The van der Waals surface area contributed by atoms with E-state index in [0.29, 0.717) is 17.4 Å². The average Bonchev–Trinajstić information content (AvgIpc) is 3.29. The number of aromatic amines is 1. The molecule has 0 saturated heterocycles. The molecule has 0 atom stereocenters. The van der Waals surface area contributed by atoms with Gasteiger partial charge in [0, 0.05) is 23.4 Å². The van der Waals surface area contributed by atoms with Crippen molar-refractivity contribution in [2.45, 2.75) is 18.9 Å². The van der Waals surface area contributed by atoms with Crippen LogP contribution in [0.25, 0.3) is 11.0 Å². The summed E-state index contributed by atoms with van der Waals surface area (Å²) in [5.41, 5.74) is 2.77. The average molecular weight is 337 g/mol. The van der Waals surface area contributed by atoms with Gasteiger partial charge in [-0.2, -0.15) is 0 Å². The number of aromatic nitrogens is 2. The molecule has 3 aromatic rings. The maximum atomic E-state index is 12.4. The molecule has 2 aromatic carbocycles. The van der Waals surface area contributed by atoms with Crippen molar-refractivity contribution in [2.24, 2.45) is 0 Å². The SMILES string of the molecule is O=C(Nc1ccc2nc[nH]c2c1)c1ccc(NC2CC2)c([N+](=O)[O-])c1. The summed E-state index contributed by atoms with van der Waals surface area (Å²) in [6.07, 6.45) is 3.59. The lowest BCUT2D eigenvalue weighted by Crippen LogP contribution is -2.13. The van der Waals surface area contributed by atoms with Gasteiger partial charge in [-0.1, -0.05) is 0 Å². The second-order valence-corrected chi connectivity index (χ2v) is 6.00. The molecule has 1 amide bonds. The van der Waals surface area contributed by atoms with Crippen LogP contribution in [0.5, 0.6) is 0 Å². The molecule has 0 unspecified atom stereocenters.